The van der Waals surface area contributed by atoms with Gasteiger partial charge in [-0.3, -0.25) is 9.58 Å². The predicted molar refractivity (Wildman–Crippen MR) is 90.3 cm³/mol. The summed E-state index contributed by atoms with van der Waals surface area (Å²) in [5, 5.41) is 7.71. The van der Waals surface area contributed by atoms with Crippen molar-refractivity contribution >= 4 is 27.1 Å². The summed E-state index contributed by atoms with van der Waals surface area (Å²) >= 11 is 1.82. The van der Waals surface area contributed by atoms with Crippen molar-refractivity contribution in [1.82, 2.24) is 19.7 Å². The molecule has 6 heteroatoms. The minimum atomic E-state index is 0.882. The van der Waals surface area contributed by atoms with E-state index in [0.717, 1.165) is 38.5 Å². The molecular weight excluding hydrogens is 294 g/mol. The molecule has 0 atom stereocenters. The maximum absolute atomic E-state index is 4.32. The van der Waals surface area contributed by atoms with Crippen molar-refractivity contribution in [2.75, 3.05) is 31.1 Å². The normalized spacial score (nSPS) is 16.5. The quantitative estimate of drug-likeness (QED) is 0.744. The summed E-state index contributed by atoms with van der Waals surface area (Å²) in [6, 6.07) is 8.85. The minimum Gasteiger partial charge on any atom is -0.368 e. The number of fused-ring (bicyclic) bond motifs is 1. The second-order valence-electron chi connectivity index (χ2n) is 5.67. The van der Waals surface area contributed by atoms with E-state index in [2.05, 4.69) is 49.5 Å². The summed E-state index contributed by atoms with van der Waals surface area (Å²) in [4.78, 5) is 9.27. The Kier molecular flexibility index (Phi) is 3.56. The SMILES string of the molecule is Cn1ncnc1CN1CCN(c2cccc3sccc23)CC1. The Balaban J connectivity index is 1.46. The molecule has 0 unspecified atom stereocenters. The van der Waals surface area contributed by atoms with Gasteiger partial charge in [0.2, 0.25) is 0 Å². The summed E-state index contributed by atoms with van der Waals surface area (Å²) in [6.45, 7) is 5.13. The van der Waals surface area contributed by atoms with Gasteiger partial charge < -0.3 is 4.90 Å². The van der Waals surface area contributed by atoms with Crippen LogP contribution in [0.1, 0.15) is 5.82 Å². The fourth-order valence-corrected chi connectivity index (χ4v) is 3.87. The molecular formula is C16H19N5S. The van der Waals surface area contributed by atoms with Crippen LogP contribution in [0, 0.1) is 0 Å². The fraction of sp³-hybridized carbons (Fsp3) is 0.375. The highest BCUT2D eigenvalue weighted by Gasteiger charge is 2.20. The lowest BCUT2D eigenvalue weighted by Gasteiger charge is -2.36. The van der Waals surface area contributed by atoms with E-state index in [1.54, 1.807) is 6.33 Å². The molecule has 0 radical (unpaired) electrons. The first kappa shape index (κ1) is 13.7. The van der Waals surface area contributed by atoms with Crippen LogP contribution in [-0.4, -0.2) is 45.8 Å². The van der Waals surface area contributed by atoms with Crippen molar-refractivity contribution in [1.29, 1.82) is 0 Å². The molecule has 1 aliphatic rings. The van der Waals surface area contributed by atoms with E-state index < -0.39 is 0 Å². The monoisotopic (exact) mass is 313 g/mol. The van der Waals surface area contributed by atoms with E-state index >= 15 is 0 Å². The number of piperazine rings is 1. The molecule has 4 rings (SSSR count). The minimum absolute atomic E-state index is 0.882. The molecule has 0 saturated carbocycles. The van der Waals surface area contributed by atoms with Crippen LogP contribution in [0.5, 0.6) is 0 Å². The van der Waals surface area contributed by atoms with E-state index in [1.807, 2.05) is 23.1 Å². The number of thiophene rings is 1. The lowest BCUT2D eigenvalue weighted by molar-refractivity contribution is 0.241. The predicted octanol–water partition coefficient (Wildman–Crippen LogP) is 2.35. The third-order valence-corrected chi connectivity index (χ3v) is 5.24. The molecule has 5 nitrogen and oxygen atoms in total. The summed E-state index contributed by atoms with van der Waals surface area (Å²) in [5.41, 5.74) is 1.37. The average Bonchev–Trinajstić information content (AvgIpc) is 3.17. The molecule has 0 amide bonds. The zero-order chi connectivity index (χ0) is 14.9. The number of rotatable bonds is 3. The number of aryl methyl sites for hydroxylation is 1. The van der Waals surface area contributed by atoms with E-state index in [1.165, 1.54) is 15.8 Å². The number of hydrogen-bond donors (Lipinski definition) is 0. The van der Waals surface area contributed by atoms with Crippen molar-refractivity contribution < 1.29 is 0 Å². The van der Waals surface area contributed by atoms with Crippen LogP contribution in [0.15, 0.2) is 36.0 Å². The lowest BCUT2D eigenvalue weighted by atomic mass is 10.2. The van der Waals surface area contributed by atoms with Crippen LogP contribution in [0.3, 0.4) is 0 Å². The standard InChI is InChI=1S/C16H19N5S/c1-19-16(17-12-18-19)11-20-6-8-21(9-7-20)14-3-2-4-15-13(14)5-10-22-15/h2-5,10,12H,6-9,11H2,1H3. The summed E-state index contributed by atoms with van der Waals surface area (Å²) in [7, 11) is 1.95. The Morgan fingerprint density at radius 1 is 1.14 bits per heavy atom. The second kappa shape index (κ2) is 5.70. The van der Waals surface area contributed by atoms with E-state index in [0.29, 0.717) is 0 Å². The second-order valence-corrected chi connectivity index (χ2v) is 6.62. The summed E-state index contributed by atoms with van der Waals surface area (Å²) < 4.78 is 3.23. The van der Waals surface area contributed by atoms with Crippen LogP contribution < -0.4 is 4.90 Å². The molecule has 22 heavy (non-hydrogen) atoms. The van der Waals surface area contributed by atoms with Crippen molar-refractivity contribution in [3.8, 4) is 0 Å². The van der Waals surface area contributed by atoms with Gasteiger partial charge in [-0.25, -0.2) is 4.98 Å². The molecule has 3 aromatic rings. The number of hydrogen-bond acceptors (Lipinski definition) is 5. The van der Waals surface area contributed by atoms with Gasteiger partial charge in [-0.15, -0.1) is 11.3 Å². The van der Waals surface area contributed by atoms with Crippen molar-refractivity contribution in [2.24, 2.45) is 7.05 Å². The zero-order valence-electron chi connectivity index (χ0n) is 12.6. The Hall–Kier alpha value is -1.92. The lowest BCUT2D eigenvalue weighted by Crippen LogP contribution is -2.46. The number of benzene rings is 1. The molecule has 0 N–H and O–H groups in total. The first-order chi connectivity index (χ1) is 10.8. The smallest absolute Gasteiger partial charge is 0.140 e. The third kappa shape index (κ3) is 2.48. The Bertz CT molecular complexity index is 770. The van der Waals surface area contributed by atoms with Gasteiger partial charge in [-0.2, -0.15) is 5.10 Å². The maximum atomic E-state index is 4.32. The number of nitrogens with zero attached hydrogens (tertiary/aromatic N) is 5. The Morgan fingerprint density at radius 2 is 2.00 bits per heavy atom. The van der Waals surface area contributed by atoms with Crippen molar-refractivity contribution in [3.05, 3.63) is 41.8 Å². The molecule has 3 heterocycles. The molecule has 1 aromatic carbocycles. The van der Waals surface area contributed by atoms with Gasteiger partial charge >= 0.3 is 0 Å². The van der Waals surface area contributed by atoms with Crippen LogP contribution in [0.25, 0.3) is 10.1 Å². The zero-order valence-corrected chi connectivity index (χ0v) is 13.5. The summed E-state index contributed by atoms with van der Waals surface area (Å²) in [5.74, 6) is 1.04. The first-order valence-corrected chi connectivity index (χ1v) is 8.45. The van der Waals surface area contributed by atoms with Crippen LogP contribution >= 0.6 is 11.3 Å². The van der Waals surface area contributed by atoms with Gasteiger partial charge in [0.15, 0.2) is 0 Å². The van der Waals surface area contributed by atoms with Crippen molar-refractivity contribution in [3.63, 3.8) is 0 Å². The molecule has 1 aliphatic heterocycles. The van der Waals surface area contributed by atoms with Crippen LogP contribution in [-0.2, 0) is 13.6 Å². The van der Waals surface area contributed by atoms with Gasteiger partial charge in [0.05, 0.1) is 6.54 Å². The Morgan fingerprint density at radius 3 is 2.77 bits per heavy atom. The number of aromatic nitrogens is 3. The van der Waals surface area contributed by atoms with Crippen molar-refractivity contribution in [2.45, 2.75) is 6.54 Å². The molecule has 0 bridgehead atoms. The van der Waals surface area contributed by atoms with Crippen LogP contribution in [0.2, 0.25) is 0 Å². The van der Waals surface area contributed by atoms with Gasteiger partial charge in [-0.05, 0) is 23.6 Å². The average molecular weight is 313 g/mol. The Labute approximate surface area is 133 Å². The highest BCUT2D eigenvalue weighted by molar-refractivity contribution is 7.17. The molecule has 114 valence electrons. The van der Waals surface area contributed by atoms with E-state index in [4.69, 9.17) is 0 Å². The first-order valence-electron chi connectivity index (χ1n) is 7.57. The molecule has 2 aromatic heterocycles. The molecule has 0 spiro atoms. The topological polar surface area (TPSA) is 37.2 Å². The molecule has 1 fully saturated rings. The fourth-order valence-electron chi connectivity index (χ4n) is 3.06. The number of anilines is 1. The van der Waals surface area contributed by atoms with E-state index in [9.17, 15) is 0 Å². The van der Waals surface area contributed by atoms with Gasteiger partial charge in [-0.1, -0.05) is 6.07 Å². The van der Waals surface area contributed by atoms with Gasteiger partial charge in [0, 0.05) is 49.0 Å². The highest BCUT2D eigenvalue weighted by atomic mass is 32.1. The van der Waals surface area contributed by atoms with E-state index in [-0.39, 0.29) is 0 Å². The summed E-state index contributed by atoms with van der Waals surface area (Å²) in [6.07, 6.45) is 1.63. The molecule has 0 aliphatic carbocycles. The molecule has 1 saturated heterocycles. The largest absolute Gasteiger partial charge is 0.368 e. The highest BCUT2D eigenvalue weighted by Crippen LogP contribution is 2.31. The maximum Gasteiger partial charge on any atom is 0.140 e. The van der Waals surface area contributed by atoms with Gasteiger partial charge in [0.25, 0.3) is 0 Å². The van der Waals surface area contributed by atoms with Crippen LogP contribution in [0.4, 0.5) is 5.69 Å². The third-order valence-electron chi connectivity index (χ3n) is 4.36. The van der Waals surface area contributed by atoms with Gasteiger partial charge in [0.1, 0.15) is 12.2 Å².